The summed E-state index contributed by atoms with van der Waals surface area (Å²) in [5, 5.41) is 5.24. The van der Waals surface area contributed by atoms with Crippen LogP contribution in [0.5, 0.6) is 5.75 Å². The normalized spacial score (nSPS) is 10.7. The highest BCUT2D eigenvalue weighted by atomic mass is 79.9. The summed E-state index contributed by atoms with van der Waals surface area (Å²) in [4.78, 5) is 1.22. The Kier molecular flexibility index (Phi) is 5.02. The Balaban J connectivity index is 2.14. The van der Waals surface area contributed by atoms with Crippen molar-refractivity contribution in [2.75, 3.05) is 7.05 Å². The van der Waals surface area contributed by atoms with E-state index in [1.807, 2.05) is 7.05 Å². The zero-order valence-corrected chi connectivity index (χ0v) is 13.8. The number of aryl methyl sites for hydroxylation is 2. The van der Waals surface area contributed by atoms with Crippen molar-refractivity contribution in [3.8, 4) is 5.75 Å². The van der Waals surface area contributed by atoms with E-state index >= 15 is 0 Å². The van der Waals surface area contributed by atoms with Gasteiger partial charge in [-0.1, -0.05) is 12.1 Å². The van der Waals surface area contributed by atoms with E-state index in [9.17, 15) is 0 Å². The van der Waals surface area contributed by atoms with Gasteiger partial charge in [-0.2, -0.15) is 0 Å². The number of ether oxygens (including phenoxy) is 1. The largest absolute Gasteiger partial charge is 0.487 e. The zero-order chi connectivity index (χ0) is 13.8. The van der Waals surface area contributed by atoms with Crippen molar-refractivity contribution < 1.29 is 4.74 Å². The van der Waals surface area contributed by atoms with E-state index in [0.29, 0.717) is 6.61 Å². The zero-order valence-electron chi connectivity index (χ0n) is 11.4. The lowest BCUT2D eigenvalue weighted by Crippen LogP contribution is -2.06. The molecule has 0 saturated carbocycles. The lowest BCUT2D eigenvalue weighted by molar-refractivity contribution is 0.304. The first kappa shape index (κ1) is 14.6. The van der Waals surface area contributed by atoms with Gasteiger partial charge >= 0.3 is 0 Å². The molecule has 2 nitrogen and oxygen atoms in total. The summed E-state index contributed by atoms with van der Waals surface area (Å²) in [6.45, 7) is 5.71. The minimum absolute atomic E-state index is 0.616. The molecule has 1 heterocycles. The summed E-state index contributed by atoms with van der Waals surface area (Å²) < 4.78 is 7.11. The molecule has 0 aliphatic heterocycles. The first-order valence-corrected chi connectivity index (χ1v) is 7.88. The molecule has 2 aromatic rings. The van der Waals surface area contributed by atoms with Crippen LogP contribution in [-0.4, -0.2) is 7.05 Å². The van der Waals surface area contributed by atoms with Gasteiger partial charge in [0.1, 0.15) is 12.4 Å². The molecule has 1 N–H and O–H groups in total. The molecule has 102 valence electrons. The molecule has 0 aliphatic carbocycles. The second-order valence-electron chi connectivity index (χ2n) is 4.57. The van der Waals surface area contributed by atoms with Crippen LogP contribution < -0.4 is 10.1 Å². The number of thiophene rings is 1. The van der Waals surface area contributed by atoms with Crippen molar-refractivity contribution in [3.63, 3.8) is 0 Å². The fraction of sp³-hybridized carbons (Fsp3) is 0.333. The van der Waals surface area contributed by atoms with Crippen LogP contribution in [0.4, 0.5) is 0 Å². The molecule has 0 bridgehead atoms. The standard InChI is InChI=1S/C15H18BrNOS/c1-10-6-12(8-17-3)7-11(2)15(10)18-9-14-13(16)4-5-19-14/h4-7,17H,8-9H2,1-3H3. The highest BCUT2D eigenvalue weighted by Gasteiger charge is 2.08. The first-order chi connectivity index (χ1) is 9.11. The Bertz CT molecular complexity index is 542. The Morgan fingerprint density at radius 3 is 2.47 bits per heavy atom. The number of halogens is 1. The fourth-order valence-electron chi connectivity index (χ4n) is 2.14. The van der Waals surface area contributed by atoms with Crippen LogP contribution >= 0.6 is 27.3 Å². The minimum Gasteiger partial charge on any atom is -0.487 e. The predicted molar refractivity (Wildman–Crippen MR) is 85.0 cm³/mol. The molecule has 1 aromatic carbocycles. The molecule has 19 heavy (non-hydrogen) atoms. The summed E-state index contributed by atoms with van der Waals surface area (Å²) in [5.74, 6) is 1.00. The summed E-state index contributed by atoms with van der Waals surface area (Å²) in [6.07, 6.45) is 0. The maximum Gasteiger partial charge on any atom is 0.125 e. The van der Waals surface area contributed by atoms with Crippen molar-refractivity contribution in [1.82, 2.24) is 5.32 Å². The summed E-state index contributed by atoms with van der Waals surface area (Å²) >= 11 is 5.24. The highest BCUT2D eigenvalue weighted by molar-refractivity contribution is 9.10. The molecule has 0 amide bonds. The van der Waals surface area contributed by atoms with Crippen LogP contribution in [0.15, 0.2) is 28.1 Å². The van der Waals surface area contributed by atoms with Crippen molar-refractivity contribution in [3.05, 3.63) is 49.6 Å². The Hall–Kier alpha value is -0.840. The van der Waals surface area contributed by atoms with E-state index in [4.69, 9.17) is 4.74 Å². The van der Waals surface area contributed by atoms with Crippen molar-refractivity contribution in [2.45, 2.75) is 27.0 Å². The number of nitrogens with one attached hydrogen (secondary N) is 1. The first-order valence-electron chi connectivity index (χ1n) is 6.21. The van der Waals surface area contributed by atoms with Crippen molar-refractivity contribution >= 4 is 27.3 Å². The highest BCUT2D eigenvalue weighted by Crippen LogP contribution is 2.28. The van der Waals surface area contributed by atoms with Crippen LogP contribution in [0, 0.1) is 13.8 Å². The smallest absolute Gasteiger partial charge is 0.125 e. The Morgan fingerprint density at radius 2 is 1.95 bits per heavy atom. The molecule has 0 fully saturated rings. The second kappa shape index (κ2) is 6.55. The van der Waals surface area contributed by atoms with E-state index < -0.39 is 0 Å². The summed E-state index contributed by atoms with van der Waals surface area (Å²) in [5.41, 5.74) is 3.68. The Morgan fingerprint density at radius 1 is 1.26 bits per heavy atom. The molecule has 2 rings (SSSR count). The van der Waals surface area contributed by atoms with Gasteiger partial charge in [-0.15, -0.1) is 11.3 Å². The van der Waals surface area contributed by atoms with Gasteiger partial charge in [0.25, 0.3) is 0 Å². The van der Waals surface area contributed by atoms with Crippen molar-refractivity contribution in [2.24, 2.45) is 0 Å². The van der Waals surface area contributed by atoms with Gasteiger partial charge < -0.3 is 10.1 Å². The molecule has 0 saturated heterocycles. The van der Waals surface area contributed by atoms with Crippen LogP contribution in [0.25, 0.3) is 0 Å². The van der Waals surface area contributed by atoms with E-state index in [1.165, 1.54) is 21.6 Å². The van der Waals surface area contributed by atoms with E-state index in [2.05, 4.69) is 58.7 Å². The molecular formula is C15H18BrNOS. The fourth-order valence-corrected chi connectivity index (χ4v) is 3.52. The molecule has 0 unspecified atom stereocenters. The average Bonchev–Trinajstić information content (AvgIpc) is 2.74. The van der Waals surface area contributed by atoms with Crippen molar-refractivity contribution in [1.29, 1.82) is 0 Å². The van der Waals surface area contributed by atoms with Crippen LogP contribution in [0.1, 0.15) is 21.6 Å². The molecule has 0 spiro atoms. The molecule has 0 atom stereocenters. The van der Waals surface area contributed by atoms with E-state index in [1.54, 1.807) is 11.3 Å². The minimum atomic E-state index is 0.616. The number of hydrogen-bond donors (Lipinski definition) is 1. The van der Waals surface area contributed by atoms with Gasteiger partial charge in [0.15, 0.2) is 0 Å². The maximum atomic E-state index is 5.99. The third-order valence-electron chi connectivity index (χ3n) is 2.94. The molecule has 0 aliphatic rings. The number of benzene rings is 1. The van der Waals surface area contributed by atoms with Crippen LogP contribution in [0.3, 0.4) is 0 Å². The maximum absolute atomic E-state index is 5.99. The van der Waals surface area contributed by atoms with Gasteiger partial charge in [-0.25, -0.2) is 0 Å². The number of rotatable bonds is 5. The summed E-state index contributed by atoms with van der Waals surface area (Å²) in [7, 11) is 1.96. The van der Waals surface area contributed by atoms with Crippen LogP contribution in [-0.2, 0) is 13.2 Å². The molecule has 4 heteroatoms. The van der Waals surface area contributed by atoms with E-state index in [0.717, 1.165) is 16.8 Å². The van der Waals surface area contributed by atoms with Gasteiger partial charge in [0, 0.05) is 11.0 Å². The van der Waals surface area contributed by atoms with Gasteiger partial charge in [0.05, 0.1) is 4.88 Å². The molecular weight excluding hydrogens is 322 g/mol. The monoisotopic (exact) mass is 339 g/mol. The third kappa shape index (κ3) is 3.59. The quantitative estimate of drug-likeness (QED) is 0.870. The van der Waals surface area contributed by atoms with Gasteiger partial charge in [0.2, 0.25) is 0 Å². The van der Waals surface area contributed by atoms with Gasteiger partial charge in [-0.3, -0.25) is 0 Å². The predicted octanol–water partition coefficient (Wildman–Crippen LogP) is 4.43. The molecule has 0 radical (unpaired) electrons. The SMILES string of the molecule is CNCc1cc(C)c(OCc2sccc2Br)c(C)c1. The van der Waals surface area contributed by atoms with Crippen LogP contribution in [0.2, 0.25) is 0 Å². The molecule has 1 aromatic heterocycles. The van der Waals surface area contributed by atoms with E-state index in [-0.39, 0.29) is 0 Å². The third-order valence-corrected chi connectivity index (χ3v) is 4.84. The number of hydrogen-bond acceptors (Lipinski definition) is 3. The lowest BCUT2D eigenvalue weighted by atomic mass is 10.1. The second-order valence-corrected chi connectivity index (χ2v) is 6.42. The topological polar surface area (TPSA) is 21.3 Å². The Labute approximate surface area is 126 Å². The summed E-state index contributed by atoms with van der Waals surface area (Å²) in [6, 6.07) is 6.42. The van der Waals surface area contributed by atoms with Gasteiger partial charge in [-0.05, 0) is 65.0 Å². The lowest BCUT2D eigenvalue weighted by Gasteiger charge is -2.14. The average molecular weight is 340 g/mol.